The molecule has 2 aromatic rings. The lowest BCUT2D eigenvalue weighted by Gasteiger charge is -2.13. The van der Waals surface area contributed by atoms with Crippen LogP contribution in [-0.4, -0.2) is 15.8 Å². The molecule has 106 valence electrons. The van der Waals surface area contributed by atoms with Crippen LogP contribution in [-0.2, 0) is 7.05 Å². The topological polar surface area (TPSA) is 59.0 Å². The van der Waals surface area contributed by atoms with Crippen LogP contribution in [0.4, 0.5) is 16.3 Å². The van der Waals surface area contributed by atoms with Gasteiger partial charge in [0.2, 0.25) is 0 Å². The van der Waals surface area contributed by atoms with Gasteiger partial charge in [0.25, 0.3) is 0 Å². The highest BCUT2D eigenvalue weighted by Gasteiger charge is 2.10. The summed E-state index contributed by atoms with van der Waals surface area (Å²) in [5.41, 5.74) is 2.93. The molecule has 0 aliphatic rings. The lowest BCUT2D eigenvalue weighted by molar-refractivity contribution is 0.262. The SMILES string of the molecule is Cc1cc(NC(=O)Nc2ccccc2C(C)C)nn1C. The minimum Gasteiger partial charge on any atom is -0.307 e. The van der Waals surface area contributed by atoms with Gasteiger partial charge >= 0.3 is 6.03 Å². The van der Waals surface area contributed by atoms with Crippen molar-refractivity contribution >= 4 is 17.5 Å². The van der Waals surface area contributed by atoms with Crippen LogP contribution in [0.2, 0.25) is 0 Å². The molecule has 0 aliphatic heterocycles. The number of carbonyl (C=O) groups excluding carboxylic acids is 1. The molecule has 2 N–H and O–H groups in total. The van der Waals surface area contributed by atoms with Crippen LogP contribution in [0.5, 0.6) is 0 Å². The maximum absolute atomic E-state index is 12.0. The van der Waals surface area contributed by atoms with Crippen LogP contribution in [0.1, 0.15) is 31.0 Å². The quantitative estimate of drug-likeness (QED) is 0.898. The standard InChI is InChI=1S/C15H20N4O/c1-10(2)12-7-5-6-8-13(12)16-15(20)17-14-9-11(3)19(4)18-14/h5-10H,1-4H3,(H2,16,17,18,20). The molecule has 0 aliphatic carbocycles. The summed E-state index contributed by atoms with van der Waals surface area (Å²) in [5.74, 6) is 0.896. The second kappa shape index (κ2) is 5.77. The molecule has 0 saturated carbocycles. The average Bonchev–Trinajstić information content (AvgIpc) is 2.68. The second-order valence-electron chi connectivity index (χ2n) is 5.12. The molecule has 0 radical (unpaired) electrons. The Morgan fingerprint density at radius 3 is 2.55 bits per heavy atom. The number of urea groups is 1. The number of aromatic nitrogens is 2. The summed E-state index contributed by atoms with van der Waals surface area (Å²) >= 11 is 0. The van der Waals surface area contributed by atoms with E-state index >= 15 is 0 Å². The van der Waals surface area contributed by atoms with E-state index in [4.69, 9.17) is 0 Å². The highest BCUT2D eigenvalue weighted by atomic mass is 16.2. The summed E-state index contributed by atoms with van der Waals surface area (Å²) < 4.78 is 1.72. The molecule has 20 heavy (non-hydrogen) atoms. The van der Waals surface area contributed by atoms with Crippen LogP contribution in [0.3, 0.4) is 0 Å². The van der Waals surface area contributed by atoms with E-state index < -0.39 is 0 Å². The van der Waals surface area contributed by atoms with Gasteiger partial charge in [-0.1, -0.05) is 32.0 Å². The number of carbonyl (C=O) groups is 1. The zero-order chi connectivity index (χ0) is 14.7. The van der Waals surface area contributed by atoms with E-state index in [0.29, 0.717) is 11.7 Å². The Bertz CT molecular complexity index is 597. The summed E-state index contributed by atoms with van der Waals surface area (Å²) in [7, 11) is 1.84. The molecule has 1 heterocycles. The molecular weight excluding hydrogens is 252 g/mol. The van der Waals surface area contributed by atoms with Crippen molar-refractivity contribution in [3.8, 4) is 0 Å². The number of hydrogen-bond donors (Lipinski definition) is 2. The van der Waals surface area contributed by atoms with Crippen LogP contribution in [0.25, 0.3) is 0 Å². The van der Waals surface area contributed by atoms with Gasteiger partial charge < -0.3 is 5.32 Å². The molecule has 0 saturated heterocycles. The molecule has 5 nitrogen and oxygen atoms in total. The van der Waals surface area contributed by atoms with Crippen LogP contribution < -0.4 is 10.6 Å². The Balaban J connectivity index is 2.08. The Labute approximate surface area is 119 Å². The Morgan fingerprint density at radius 2 is 1.95 bits per heavy atom. The number of hydrogen-bond acceptors (Lipinski definition) is 2. The molecule has 0 atom stereocenters. The second-order valence-corrected chi connectivity index (χ2v) is 5.12. The molecule has 1 aromatic heterocycles. The number of amides is 2. The molecule has 1 aromatic carbocycles. The van der Waals surface area contributed by atoms with E-state index in [9.17, 15) is 4.79 Å². The van der Waals surface area contributed by atoms with Gasteiger partial charge in [-0.15, -0.1) is 0 Å². The van der Waals surface area contributed by atoms with E-state index in [2.05, 4.69) is 29.6 Å². The van der Waals surface area contributed by atoms with Gasteiger partial charge in [-0.25, -0.2) is 4.79 Å². The van der Waals surface area contributed by atoms with Gasteiger partial charge in [-0.05, 0) is 24.5 Å². The number of para-hydroxylation sites is 1. The summed E-state index contributed by atoms with van der Waals surface area (Å²) in [4.78, 5) is 12.0. The van der Waals surface area contributed by atoms with E-state index in [1.165, 1.54) is 0 Å². The predicted octanol–water partition coefficient (Wildman–Crippen LogP) is 3.50. The third-order valence-electron chi connectivity index (χ3n) is 3.19. The fourth-order valence-electron chi connectivity index (χ4n) is 2.01. The molecule has 0 spiro atoms. The third kappa shape index (κ3) is 3.17. The first-order valence-corrected chi connectivity index (χ1v) is 6.65. The van der Waals surface area contributed by atoms with Crippen LogP contribution in [0, 0.1) is 6.92 Å². The molecule has 5 heteroatoms. The van der Waals surface area contributed by atoms with Crippen molar-refractivity contribution in [3.05, 3.63) is 41.6 Å². The van der Waals surface area contributed by atoms with E-state index in [0.717, 1.165) is 16.9 Å². The number of benzene rings is 1. The van der Waals surface area contributed by atoms with Crippen LogP contribution >= 0.6 is 0 Å². The molecular formula is C15H20N4O. The first-order chi connectivity index (χ1) is 9.47. The third-order valence-corrected chi connectivity index (χ3v) is 3.19. The van der Waals surface area contributed by atoms with E-state index in [-0.39, 0.29) is 6.03 Å². The molecule has 0 fully saturated rings. The summed E-state index contributed by atoms with van der Waals surface area (Å²) in [6.45, 7) is 6.13. The first kappa shape index (κ1) is 14.1. The molecule has 0 unspecified atom stereocenters. The Kier molecular flexibility index (Phi) is 4.08. The average molecular weight is 272 g/mol. The van der Waals surface area contributed by atoms with Crippen molar-refractivity contribution in [2.45, 2.75) is 26.7 Å². The lowest BCUT2D eigenvalue weighted by atomic mass is 10.0. The van der Waals surface area contributed by atoms with Gasteiger partial charge in [0, 0.05) is 24.5 Å². The zero-order valence-electron chi connectivity index (χ0n) is 12.3. The van der Waals surface area contributed by atoms with Crippen molar-refractivity contribution in [2.75, 3.05) is 10.6 Å². The molecule has 2 rings (SSSR count). The minimum absolute atomic E-state index is 0.281. The van der Waals surface area contributed by atoms with Crippen molar-refractivity contribution in [2.24, 2.45) is 7.05 Å². The normalized spacial score (nSPS) is 10.7. The van der Waals surface area contributed by atoms with Gasteiger partial charge in [-0.3, -0.25) is 10.00 Å². The number of nitrogens with one attached hydrogen (secondary N) is 2. The molecule has 2 amide bonds. The summed E-state index contributed by atoms with van der Waals surface area (Å²) in [5, 5.41) is 9.80. The smallest absolute Gasteiger partial charge is 0.307 e. The van der Waals surface area contributed by atoms with Crippen molar-refractivity contribution in [1.82, 2.24) is 9.78 Å². The first-order valence-electron chi connectivity index (χ1n) is 6.65. The maximum atomic E-state index is 12.0. The van der Waals surface area contributed by atoms with Gasteiger partial charge in [-0.2, -0.15) is 5.10 Å². The van der Waals surface area contributed by atoms with E-state index in [1.54, 1.807) is 4.68 Å². The monoisotopic (exact) mass is 272 g/mol. The number of anilines is 2. The predicted molar refractivity (Wildman–Crippen MR) is 81.1 cm³/mol. The highest BCUT2D eigenvalue weighted by Crippen LogP contribution is 2.23. The number of aryl methyl sites for hydroxylation is 2. The summed E-state index contributed by atoms with van der Waals surface area (Å²) in [6.07, 6.45) is 0. The zero-order valence-corrected chi connectivity index (χ0v) is 12.3. The van der Waals surface area contributed by atoms with Crippen LogP contribution in [0.15, 0.2) is 30.3 Å². The summed E-state index contributed by atoms with van der Waals surface area (Å²) in [6, 6.07) is 9.35. The number of nitrogens with zero attached hydrogens (tertiary/aromatic N) is 2. The van der Waals surface area contributed by atoms with Gasteiger partial charge in [0.15, 0.2) is 5.82 Å². The fourth-order valence-corrected chi connectivity index (χ4v) is 2.01. The maximum Gasteiger partial charge on any atom is 0.324 e. The van der Waals surface area contributed by atoms with Crippen molar-refractivity contribution in [3.63, 3.8) is 0 Å². The number of rotatable bonds is 3. The lowest BCUT2D eigenvalue weighted by Crippen LogP contribution is -2.20. The fraction of sp³-hybridized carbons (Fsp3) is 0.333. The van der Waals surface area contributed by atoms with Gasteiger partial charge in [0.05, 0.1) is 0 Å². The molecule has 0 bridgehead atoms. The highest BCUT2D eigenvalue weighted by molar-refractivity contribution is 5.99. The van der Waals surface area contributed by atoms with Crippen molar-refractivity contribution < 1.29 is 4.79 Å². The van der Waals surface area contributed by atoms with E-state index in [1.807, 2.05) is 44.3 Å². The Morgan fingerprint density at radius 1 is 1.25 bits per heavy atom. The Hall–Kier alpha value is -2.30. The van der Waals surface area contributed by atoms with Gasteiger partial charge in [0.1, 0.15) is 0 Å². The minimum atomic E-state index is -0.281. The van der Waals surface area contributed by atoms with Crippen molar-refractivity contribution in [1.29, 1.82) is 0 Å². The largest absolute Gasteiger partial charge is 0.324 e.